The Morgan fingerprint density at radius 1 is 1.15 bits per heavy atom. The van der Waals surface area contributed by atoms with Crippen LogP contribution in [-0.2, 0) is 9.47 Å². The molecule has 0 aromatic heterocycles. The fourth-order valence-electron chi connectivity index (χ4n) is 1.18. The number of methoxy groups -OCH3 is 1. The first kappa shape index (κ1) is 11.0. The van der Waals surface area contributed by atoms with E-state index in [2.05, 4.69) is 5.32 Å². The van der Waals surface area contributed by atoms with E-state index in [0.29, 0.717) is 0 Å². The van der Waals surface area contributed by atoms with Crippen molar-refractivity contribution in [2.45, 2.75) is 31.7 Å². The van der Waals surface area contributed by atoms with Crippen LogP contribution in [0.25, 0.3) is 0 Å². The highest BCUT2D eigenvalue weighted by Gasteiger charge is 2.19. The maximum atomic E-state index is 5.42. The average Bonchev–Trinajstić information content (AvgIpc) is 2.93. The molecule has 0 bridgehead atoms. The van der Waals surface area contributed by atoms with Gasteiger partial charge in [0.1, 0.15) is 0 Å². The van der Waals surface area contributed by atoms with E-state index >= 15 is 0 Å². The van der Waals surface area contributed by atoms with Crippen LogP contribution in [0.1, 0.15) is 25.7 Å². The Balaban J connectivity index is 1.63. The Morgan fingerprint density at radius 2 is 1.92 bits per heavy atom. The molecule has 0 amide bonds. The number of rotatable bonds is 9. The Kier molecular flexibility index (Phi) is 6.15. The van der Waals surface area contributed by atoms with Crippen LogP contribution >= 0.6 is 0 Å². The fourth-order valence-corrected chi connectivity index (χ4v) is 1.18. The molecule has 0 heterocycles. The van der Waals surface area contributed by atoms with E-state index in [1.54, 1.807) is 7.11 Å². The minimum Gasteiger partial charge on any atom is -0.385 e. The molecule has 13 heavy (non-hydrogen) atoms. The smallest absolute Gasteiger partial charge is 0.0487 e. The van der Waals surface area contributed by atoms with Gasteiger partial charge in [0.25, 0.3) is 0 Å². The molecule has 0 saturated heterocycles. The van der Waals surface area contributed by atoms with E-state index < -0.39 is 0 Å². The van der Waals surface area contributed by atoms with Crippen LogP contribution in [0, 0.1) is 0 Å². The Labute approximate surface area is 80.8 Å². The highest BCUT2D eigenvalue weighted by molar-refractivity contribution is 4.80. The van der Waals surface area contributed by atoms with Crippen molar-refractivity contribution >= 4 is 0 Å². The topological polar surface area (TPSA) is 30.5 Å². The quantitative estimate of drug-likeness (QED) is 0.550. The number of hydrogen-bond donors (Lipinski definition) is 1. The molecule has 1 rings (SSSR count). The molecule has 0 spiro atoms. The maximum absolute atomic E-state index is 5.42. The predicted molar refractivity (Wildman–Crippen MR) is 53.0 cm³/mol. The standard InChI is InChI=1S/C10H21NO2/c1-12-7-3-9-13-8-2-6-11-10-4-5-10/h10-11H,2-9H2,1H3. The van der Waals surface area contributed by atoms with Crippen LogP contribution < -0.4 is 5.32 Å². The summed E-state index contributed by atoms with van der Waals surface area (Å²) in [5.41, 5.74) is 0. The molecule has 1 N–H and O–H groups in total. The molecule has 3 nitrogen and oxygen atoms in total. The van der Waals surface area contributed by atoms with Gasteiger partial charge in [-0.1, -0.05) is 0 Å². The van der Waals surface area contributed by atoms with Crippen molar-refractivity contribution in [3.8, 4) is 0 Å². The van der Waals surface area contributed by atoms with Crippen molar-refractivity contribution in [2.24, 2.45) is 0 Å². The molecule has 1 fully saturated rings. The lowest BCUT2D eigenvalue weighted by Gasteiger charge is -2.04. The summed E-state index contributed by atoms with van der Waals surface area (Å²) in [6.07, 6.45) is 4.87. The lowest BCUT2D eigenvalue weighted by Crippen LogP contribution is -2.18. The molecule has 0 atom stereocenters. The highest BCUT2D eigenvalue weighted by atomic mass is 16.5. The molecular formula is C10H21NO2. The zero-order valence-electron chi connectivity index (χ0n) is 8.55. The summed E-state index contributed by atoms with van der Waals surface area (Å²) in [5.74, 6) is 0. The Bertz CT molecular complexity index is 115. The van der Waals surface area contributed by atoms with Crippen molar-refractivity contribution in [3.05, 3.63) is 0 Å². The van der Waals surface area contributed by atoms with E-state index in [4.69, 9.17) is 9.47 Å². The van der Waals surface area contributed by atoms with E-state index in [0.717, 1.165) is 45.2 Å². The third-order valence-electron chi connectivity index (χ3n) is 2.11. The average molecular weight is 187 g/mol. The molecule has 0 aromatic carbocycles. The van der Waals surface area contributed by atoms with Crippen LogP contribution in [0.5, 0.6) is 0 Å². The second kappa shape index (κ2) is 7.30. The number of hydrogen-bond acceptors (Lipinski definition) is 3. The molecule has 1 saturated carbocycles. The molecule has 1 aliphatic rings. The van der Waals surface area contributed by atoms with Gasteiger partial charge in [-0.15, -0.1) is 0 Å². The van der Waals surface area contributed by atoms with E-state index in [1.165, 1.54) is 12.8 Å². The van der Waals surface area contributed by atoms with Crippen LogP contribution in [0.2, 0.25) is 0 Å². The van der Waals surface area contributed by atoms with Gasteiger partial charge >= 0.3 is 0 Å². The third kappa shape index (κ3) is 6.99. The zero-order chi connectivity index (χ0) is 9.36. The molecule has 1 aliphatic carbocycles. The van der Waals surface area contributed by atoms with Crippen LogP contribution in [-0.4, -0.2) is 39.5 Å². The maximum Gasteiger partial charge on any atom is 0.0487 e. The summed E-state index contributed by atoms with van der Waals surface area (Å²) < 4.78 is 10.3. The minimum absolute atomic E-state index is 0.806. The molecule has 0 aliphatic heterocycles. The van der Waals surface area contributed by atoms with Gasteiger partial charge in [0, 0.05) is 33.0 Å². The third-order valence-corrected chi connectivity index (χ3v) is 2.11. The molecule has 3 heteroatoms. The SMILES string of the molecule is COCCCOCCCNC1CC1. The summed E-state index contributed by atoms with van der Waals surface area (Å²) in [5, 5.41) is 3.45. The van der Waals surface area contributed by atoms with E-state index in [9.17, 15) is 0 Å². The van der Waals surface area contributed by atoms with Gasteiger partial charge in [-0.05, 0) is 32.2 Å². The van der Waals surface area contributed by atoms with Crippen molar-refractivity contribution in [1.29, 1.82) is 0 Å². The monoisotopic (exact) mass is 187 g/mol. The van der Waals surface area contributed by atoms with E-state index in [-0.39, 0.29) is 0 Å². The first-order valence-electron chi connectivity index (χ1n) is 5.23. The Morgan fingerprint density at radius 3 is 2.62 bits per heavy atom. The van der Waals surface area contributed by atoms with Gasteiger partial charge in [0.2, 0.25) is 0 Å². The first-order chi connectivity index (χ1) is 6.43. The molecule has 0 aromatic rings. The summed E-state index contributed by atoms with van der Waals surface area (Å²) in [7, 11) is 1.72. The predicted octanol–water partition coefficient (Wildman–Crippen LogP) is 1.18. The lowest BCUT2D eigenvalue weighted by molar-refractivity contribution is 0.101. The van der Waals surface area contributed by atoms with Gasteiger partial charge in [0.15, 0.2) is 0 Å². The molecule has 0 unspecified atom stereocenters. The second-order valence-corrected chi connectivity index (χ2v) is 3.54. The molecule has 78 valence electrons. The number of ether oxygens (including phenoxy) is 2. The molecule has 0 radical (unpaired) electrons. The summed E-state index contributed by atoms with van der Waals surface area (Å²) in [4.78, 5) is 0. The normalized spacial score (nSPS) is 16.4. The largest absolute Gasteiger partial charge is 0.385 e. The summed E-state index contributed by atoms with van der Waals surface area (Å²) in [6.45, 7) is 3.62. The van der Waals surface area contributed by atoms with Gasteiger partial charge in [-0.25, -0.2) is 0 Å². The van der Waals surface area contributed by atoms with Crippen LogP contribution in [0.3, 0.4) is 0 Å². The van der Waals surface area contributed by atoms with Crippen molar-refractivity contribution in [3.63, 3.8) is 0 Å². The number of nitrogens with one attached hydrogen (secondary N) is 1. The first-order valence-corrected chi connectivity index (χ1v) is 5.23. The molecular weight excluding hydrogens is 166 g/mol. The van der Waals surface area contributed by atoms with Gasteiger partial charge < -0.3 is 14.8 Å². The Hall–Kier alpha value is -0.120. The van der Waals surface area contributed by atoms with Crippen molar-refractivity contribution in [1.82, 2.24) is 5.32 Å². The minimum atomic E-state index is 0.806. The summed E-state index contributed by atoms with van der Waals surface area (Å²) in [6, 6.07) is 0.827. The second-order valence-electron chi connectivity index (χ2n) is 3.54. The van der Waals surface area contributed by atoms with E-state index in [1.807, 2.05) is 0 Å². The van der Waals surface area contributed by atoms with Gasteiger partial charge in [0.05, 0.1) is 0 Å². The van der Waals surface area contributed by atoms with Gasteiger partial charge in [-0.2, -0.15) is 0 Å². The fraction of sp³-hybridized carbons (Fsp3) is 1.00. The lowest BCUT2D eigenvalue weighted by atomic mass is 10.4. The zero-order valence-corrected chi connectivity index (χ0v) is 8.55. The van der Waals surface area contributed by atoms with Gasteiger partial charge in [-0.3, -0.25) is 0 Å². The van der Waals surface area contributed by atoms with Crippen molar-refractivity contribution in [2.75, 3.05) is 33.5 Å². The van der Waals surface area contributed by atoms with Crippen LogP contribution in [0.15, 0.2) is 0 Å². The summed E-state index contributed by atoms with van der Waals surface area (Å²) >= 11 is 0. The van der Waals surface area contributed by atoms with Crippen molar-refractivity contribution < 1.29 is 9.47 Å². The highest BCUT2D eigenvalue weighted by Crippen LogP contribution is 2.18. The van der Waals surface area contributed by atoms with Crippen LogP contribution in [0.4, 0.5) is 0 Å².